The maximum absolute atomic E-state index is 5.69. The van der Waals surface area contributed by atoms with Crippen molar-refractivity contribution in [1.29, 1.82) is 0 Å². The summed E-state index contributed by atoms with van der Waals surface area (Å²) < 4.78 is 0. The van der Waals surface area contributed by atoms with E-state index in [-0.39, 0.29) is 0 Å². The lowest BCUT2D eigenvalue weighted by Crippen LogP contribution is -2.20. The van der Waals surface area contributed by atoms with Gasteiger partial charge in [-0.1, -0.05) is 18.7 Å². The van der Waals surface area contributed by atoms with Gasteiger partial charge in [0.15, 0.2) is 0 Å². The molecule has 4 N–H and O–H groups in total. The van der Waals surface area contributed by atoms with Crippen molar-refractivity contribution >= 4 is 5.95 Å². The minimum Gasteiger partial charge on any atom is -0.385 e. The highest BCUT2D eigenvalue weighted by molar-refractivity contribution is 5.61. The van der Waals surface area contributed by atoms with Crippen LogP contribution in [0.25, 0.3) is 11.3 Å². The maximum atomic E-state index is 5.69. The molecule has 0 radical (unpaired) electrons. The van der Waals surface area contributed by atoms with E-state index in [2.05, 4.69) is 52.3 Å². The quantitative estimate of drug-likeness (QED) is 0.774. The third-order valence-electron chi connectivity index (χ3n) is 5.97. The van der Waals surface area contributed by atoms with E-state index in [1.807, 2.05) is 6.07 Å². The third kappa shape index (κ3) is 3.44. The Morgan fingerprint density at radius 1 is 1.27 bits per heavy atom. The number of nitrogens with zero attached hydrogens (tertiary/aromatic N) is 2. The molecule has 2 atom stereocenters. The van der Waals surface area contributed by atoms with E-state index in [0.717, 1.165) is 29.6 Å². The number of benzene rings is 1. The number of rotatable bonds is 5. The number of hydrogen-bond acceptors (Lipinski definition) is 5. The van der Waals surface area contributed by atoms with Crippen molar-refractivity contribution in [1.82, 2.24) is 20.6 Å². The second kappa shape index (κ2) is 7.08. The number of hydrogen-bond donors (Lipinski definition) is 3. The van der Waals surface area contributed by atoms with Crippen LogP contribution in [0.1, 0.15) is 24.0 Å². The van der Waals surface area contributed by atoms with E-state index < -0.39 is 0 Å². The van der Waals surface area contributed by atoms with Crippen molar-refractivity contribution in [3.05, 3.63) is 53.9 Å². The molecule has 1 aliphatic heterocycles. The fraction of sp³-hybridized carbons (Fsp3) is 0.429. The van der Waals surface area contributed by atoms with E-state index in [1.165, 1.54) is 42.8 Å². The van der Waals surface area contributed by atoms with Gasteiger partial charge in [-0.05, 0) is 73.9 Å². The lowest BCUT2D eigenvalue weighted by Gasteiger charge is -2.18. The Kier molecular flexibility index (Phi) is 4.64. The molecule has 2 aromatic rings. The molecule has 1 aromatic carbocycles. The van der Waals surface area contributed by atoms with Crippen LogP contribution in [0.2, 0.25) is 0 Å². The van der Waals surface area contributed by atoms with Crippen LogP contribution in [0.5, 0.6) is 0 Å². The molecular weight excluding hydrogens is 322 g/mol. The Morgan fingerprint density at radius 2 is 2.04 bits per heavy atom. The Morgan fingerprint density at radius 3 is 2.73 bits per heavy atom. The van der Waals surface area contributed by atoms with Crippen molar-refractivity contribution in [3.63, 3.8) is 0 Å². The van der Waals surface area contributed by atoms with Crippen molar-refractivity contribution in [2.75, 3.05) is 18.8 Å². The maximum Gasteiger partial charge on any atom is 0.220 e. The fourth-order valence-electron chi connectivity index (χ4n) is 4.39. The number of nitrogens with two attached hydrogens (primary N) is 1. The smallest absolute Gasteiger partial charge is 0.220 e. The molecule has 5 nitrogen and oxygen atoms in total. The monoisotopic (exact) mass is 349 g/mol. The molecule has 2 fully saturated rings. The van der Waals surface area contributed by atoms with Crippen LogP contribution in [-0.2, 0) is 6.54 Å². The molecule has 0 spiro atoms. The van der Waals surface area contributed by atoms with Crippen molar-refractivity contribution in [2.24, 2.45) is 17.8 Å². The zero-order valence-electron chi connectivity index (χ0n) is 15.3. The Labute approximate surface area is 155 Å². The summed E-state index contributed by atoms with van der Waals surface area (Å²) in [4.78, 5) is 8.26. The van der Waals surface area contributed by atoms with Crippen LogP contribution in [0.3, 0.4) is 0 Å². The first kappa shape index (κ1) is 17.0. The molecule has 0 amide bonds. The lowest BCUT2D eigenvalue weighted by molar-refractivity contribution is 0.494. The van der Waals surface area contributed by atoms with Crippen LogP contribution in [0.15, 0.2) is 42.7 Å². The largest absolute Gasteiger partial charge is 0.385 e. The van der Waals surface area contributed by atoms with Gasteiger partial charge in [0.25, 0.3) is 0 Å². The van der Waals surface area contributed by atoms with Gasteiger partial charge in [-0.15, -0.1) is 0 Å². The highest BCUT2D eigenvalue weighted by Crippen LogP contribution is 2.40. The summed E-state index contributed by atoms with van der Waals surface area (Å²) in [5.41, 5.74) is 11.3. The van der Waals surface area contributed by atoms with Gasteiger partial charge in [-0.3, -0.25) is 0 Å². The lowest BCUT2D eigenvalue weighted by atomic mass is 10.0. The first-order valence-electron chi connectivity index (χ1n) is 9.42. The van der Waals surface area contributed by atoms with Gasteiger partial charge in [0.2, 0.25) is 5.95 Å². The Hall–Kier alpha value is -2.40. The predicted octanol–water partition coefficient (Wildman–Crippen LogP) is 2.88. The summed E-state index contributed by atoms with van der Waals surface area (Å²) in [6, 6.07) is 8.31. The second-order valence-electron chi connectivity index (χ2n) is 7.67. The van der Waals surface area contributed by atoms with Gasteiger partial charge >= 0.3 is 0 Å². The van der Waals surface area contributed by atoms with E-state index in [1.54, 1.807) is 6.20 Å². The number of nitrogen functional groups attached to an aromatic ring is 1. The minimum atomic E-state index is 0.304. The SMILES string of the molecule is C=C(NCc1ccc(-c2ccnc(N)n2)cc1C)C1CC2CNCC2C1. The van der Waals surface area contributed by atoms with Crippen molar-refractivity contribution in [2.45, 2.75) is 26.3 Å². The Balaban J connectivity index is 1.38. The molecule has 5 heteroatoms. The summed E-state index contributed by atoms with van der Waals surface area (Å²) >= 11 is 0. The molecule has 1 saturated carbocycles. The van der Waals surface area contributed by atoms with Gasteiger partial charge in [0, 0.05) is 24.0 Å². The first-order valence-corrected chi connectivity index (χ1v) is 9.42. The van der Waals surface area contributed by atoms with E-state index in [0.29, 0.717) is 11.9 Å². The van der Waals surface area contributed by atoms with Crippen LogP contribution in [-0.4, -0.2) is 23.1 Å². The number of allylic oxidation sites excluding steroid dienone is 1. The van der Waals surface area contributed by atoms with Gasteiger partial charge < -0.3 is 16.4 Å². The van der Waals surface area contributed by atoms with Crippen LogP contribution >= 0.6 is 0 Å². The van der Waals surface area contributed by atoms with Gasteiger partial charge in [-0.2, -0.15) is 0 Å². The predicted molar refractivity (Wildman–Crippen MR) is 105 cm³/mol. The first-order chi connectivity index (χ1) is 12.6. The average Bonchev–Trinajstić information content (AvgIpc) is 3.22. The highest BCUT2D eigenvalue weighted by atomic mass is 15.0. The second-order valence-corrected chi connectivity index (χ2v) is 7.67. The van der Waals surface area contributed by atoms with E-state index in [9.17, 15) is 0 Å². The third-order valence-corrected chi connectivity index (χ3v) is 5.97. The zero-order chi connectivity index (χ0) is 18.1. The minimum absolute atomic E-state index is 0.304. The zero-order valence-corrected chi connectivity index (χ0v) is 15.3. The van der Waals surface area contributed by atoms with Gasteiger partial charge in [0.1, 0.15) is 0 Å². The number of aromatic nitrogens is 2. The summed E-state index contributed by atoms with van der Waals surface area (Å²) in [6.45, 7) is 9.65. The van der Waals surface area contributed by atoms with Gasteiger partial charge in [0.05, 0.1) is 5.69 Å². The summed E-state index contributed by atoms with van der Waals surface area (Å²) in [5, 5.41) is 7.08. The molecule has 4 rings (SSSR count). The molecule has 2 unspecified atom stereocenters. The van der Waals surface area contributed by atoms with E-state index >= 15 is 0 Å². The molecular formula is C21H27N5. The van der Waals surface area contributed by atoms with Crippen molar-refractivity contribution in [3.8, 4) is 11.3 Å². The molecule has 1 aromatic heterocycles. The van der Waals surface area contributed by atoms with E-state index in [4.69, 9.17) is 5.73 Å². The molecule has 2 aliphatic rings. The summed E-state index contributed by atoms with van der Waals surface area (Å²) in [7, 11) is 0. The molecule has 0 bridgehead atoms. The van der Waals surface area contributed by atoms with Crippen LogP contribution in [0, 0.1) is 24.7 Å². The highest BCUT2D eigenvalue weighted by Gasteiger charge is 2.38. The van der Waals surface area contributed by atoms with Crippen molar-refractivity contribution < 1.29 is 0 Å². The van der Waals surface area contributed by atoms with Crippen LogP contribution < -0.4 is 16.4 Å². The Bertz CT molecular complexity index is 804. The fourth-order valence-corrected chi connectivity index (χ4v) is 4.39. The number of fused-ring (bicyclic) bond motifs is 1. The molecule has 1 aliphatic carbocycles. The summed E-state index contributed by atoms with van der Waals surface area (Å²) in [6.07, 6.45) is 4.24. The number of aryl methyl sites for hydroxylation is 1. The molecule has 136 valence electrons. The standard InChI is InChI=1S/C21H27N5/c1-13-7-15(20-5-6-24-21(22)26-20)3-4-16(13)12-25-14(2)17-8-18-10-23-11-19(18)9-17/h3-7,17-19,23,25H,2,8-12H2,1H3,(H2,22,24,26). The molecule has 26 heavy (non-hydrogen) atoms. The van der Waals surface area contributed by atoms with Gasteiger partial charge in [-0.25, -0.2) is 9.97 Å². The molecule has 1 saturated heterocycles. The molecule has 2 heterocycles. The summed E-state index contributed by atoms with van der Waals surface area (Å²) in [5.74, 6) is 2.62. The number of nitrogens with one attached hydrogen (secondary N) is 2. The topological polar surface area (TPSA) is 75.9 Å². The normalized spacial score (nSPS) is 24.4. The van der Waals surface area contributed by atoms with Crippen LogP contribution in [0.4, 0.5) is 5.95 Å². The average molecular weight is 349 g/mol. The number of anilines is 1.